The molecule has 5 aromatic rings. The van der Waals surface area contributed by atoms with Crippen LogP contribution in [0.5, 0.6) is 5.75 Å². The van der Waals surface area contributed by atoms with Crippen molar-refractivity contribution in [2.45, 2.75) is 130 Å². The number of aromatic nitrogens is 4. The number of β-amino-alcohol motifs (C(OH)–C–C–N with tert-alkyl or cyclic N) is 1. The van der Waals surface area contributed by atoms with Crippen LogP contribution in [0, 0.1) is 33.1 Å². The number of hydrogen-bond donors (Lipinski definition) is 5. The van der Waals surface area contributed by atoms with E-state index in [1.54, 1.807) is 35.1 Å². The first kappa shape index (κ1) is 51.3. The van der Waals surface area contributed by atoms with Crippen molar-refractivity contribution in [3.8, 4) is 21.2 Å². The summed E-state index contributed by atoms with van der Waals surface area (Å²) in [7, 11) is 0. The van der Waals surface area contributed by atoms with Crippen molar-refractivity contribution in [2.24, 2.45) is 10.4 Å². The lowest BCUT2D eigenvalue weighted by molar-refractivity contribution is -0.145. The number of nitrogens with zero attached hydrogens (tertiary/aromatic N) is 5. The molecule has 1 fully saturated rings. The SMILES string of the molecule is Cc1ncsc1-c1ccc(ONC(=O)[C@@]2(C(=O)C(NC(=O)C=CCCCCCCCCNC(=O)C[C@@H]3N=C(c4ccc(Cl)cc4)c4c(sc(C)c4C)-n4c(C)nnc43)C(C)(C)C)CC(O)CN2)cc1. The largest absolute Gasteiger partial charge is 0.392 e. The maximum atomic E-state index is 14.3. The van der Waals surface area contributed by atoms with Crippen LogP contribution < -0.4 is 26.3 Å². The van der Waals surface area contributed by atoms with Crippen LogP contribution in [-0.2, 0) is 19.2 Å². The molecule has 0 aliphatic carbocycles. The molecular weight excluding hydrogens is 934 g/mol. The van der Waals surface area contributed by atoms with Crippen LogP contribution in [-0.4, -0.2) is 84.8 Å². The van der Waals surface area contributed by atoms with Crippen LogP contribution in [0.15, 0.2) is 71.2 Å². The summed E-state index contributed by atoms with van der Waals surface area (Å²) in [6.45, 7) is 14.1. The van der Waals surface area contributed by atoms with Gasteiger partial charge in [-0.2, -0.15) is 5.48 Å². The minimum atomic E-state index is -1.83. The maximum Gasteiger partial charge on any atom is 0.280 e. The molecule has 18 heteroatoms. The number of carbonyl (C=O) groups excluding carboxylic acids is 4. The number of unbranched alkanes of at least 4 members (excludes halogenated alkanes) is 6. The molecule has 0 radical (unpaired) electrons. The number of fused-ring (bicyclic) bond motifs is 3. The van der Waals surface area contributed by atoms with Crippen molar-refractivity contribution in [1.29, 1.82) is 0 Å². The number of amides is 3. The number of ketones is 1. The van der Waals surface area contributed by atoms with Gasteiger partial charge in [0.1, 0.15) is 16.9 Å². The van der Waals surface area contributed by atoms with Gasteiger partial charge in [-0.3, -0.25) is 34.1 Å². The van der Waals surface area contributed by atoms with Gasteiger partial charge in [-0.15, -0.1) is 32.9 Å². The highest BCUT2D eigenvalue weighted by Gasteiger charge is 2.55. The Morgan fingerprint density at radius 1 is 0.971 bits per heavy atom. The molecule has 15 nitrogen and oxygen atoms in total. The van der Waals surface area contributed by atoms with E-state index in [0.29, 0.717) is 29.6 Å². The summed E-state index contributed by atoms with van der Waals surface area (Å²) in [6, 6.07) is 13.2. The van der Waals surface area contributed by atoms with Crippen LogP contribution in [0.3, 0.4) is 0 Å². The van der Waals surface area contributed by atoms with Crippen molar-refractivity contribution in [3.63, 3.8) is 0 Å². The molecule has 0 spiro atoms. The molecule has 2 aliphatic heterocycles. The zero-order chi connectivity index (χ0) is 49.5. The Labute approximate surface area is 416 Å². The number of hydroxylamine groups is 1. The number of halogens is 1. The monoisotopic (exact) mass is 995 g/mol. The molecular formula is C51H62ClN9O6S2. The zero-order valence-corrected chi connectivity index (χ0v) is 42.7. The molecule has 2 unspecified atom stereocenters. The second-order valence-electron chi connectivity index (χ2n) is 18.9. The van der Waals surface area contributed by atoms with Crippen LogP contribution in [0.25, 0.3) is 15.4 Å². The Morgan fingerprint density at radius 2 is 1.67 bits per heavy atom. The molecule has 4 atom stereocenters. The Hall–Kier alpha value is -5.59. The van der Waals surface area contributed by atoms with E-state index < -0.39 is 46.7 Å². The molecule has 1 saturated heterocycles. The quantitative estimate of drug-likeness (QED) is 0.0219. The number of thiazole rings is 1. The molecule has 7 rings (SSSR count). The predicted molar refractivity (Wildman–Crippen MR) is 271 cm³/mol. The molecule has 5 heterocycles. The Morgan fingerprint density at radius 3 is 2.33 bits per heavy atom. The van der Waals surface area contributed by atoms with Crippen molar-refractivity contribution in [3.05, 3.63) is 110 Å². The fourth-order valence-electron chi connectivity index (χ4n) is 8.71. The number of allylic oxidation sites excluding steroid dienone is 1. The fraction of sp³-hybridized carbons (Fsp3) is 0.451. The second-order valence-corrected chi connectivity index (χ2v) is 21.4. The van der Waals surface area contributed by atoms with E-state index in [4.69, 9.17) is 21.4 Å². The zero-order valence-electron chi connectivity index (χ0n) is 40.3. The number of Topliss-reactive ketones (excluding diaryl/α,β-unsaturated/α-hetero) is 1. The third kappa shape index (κ3) is 12.1. The standard InChI is InChI=1S/C51H62ClN9O6S2/c1-30-32(3)69-48-42(30)43(34-17-21-36(52)22-18-34)56-39(47-59-58-33(4)61(47)48)26-41(64)53-25-15-13-11-9-8-10-12-14-16-40(63)57-45(50(5,6)7)46(65)51(27-37(62)28-55-51)49(66)60-67-38-23-19-35(20-24-38)44-31(2)54-29-68-44/h14,16-24,29,37,39,45,55,62H,8-13,15,25-28H2,1-7H3,(H,53,64)(H,57,63)(H,60,66)/t37?,39-,45?,51-/m0/s1. The van der Waals surface area contributed by atoms with Crippen molar-refractivity contribution < 1.29 is 29.1 Å². The van der Waals surface area contributed by atoms with E-state index in [0.717, 1.165) is 87.9 Å². The molecule has 69 heavy (non-hydrogen) atoms. The number of aliphatic imine (C=N–C) groups is 1. The first-order valence-electron chi connectivity index (χ1n) is 23.5. The number of hydrogen-bond acceptors (Lipinski definition) is 13. The number of aliphatic hydroxyl groups excluding tert-OH is 1. The maximum absolute atomic E-state index is 14.3. The average molecular weight is 997 g/mol. The summed E-state index contributed by atoms with van der Waals surface area (Å²) >= 11 is 9.45. The van der Waals surface area contributed by atoms with Gasteiger partial charge in [-0.25, -0.2) is 4.98 Å². The lowest BCUT2D eigenvalue weighted by Gasteiger charge is -2.36. The van der Waals surface area contributed by atoms with Gasteiger partial charge in [0, 0.05) is 40.5 Å². The molecule has 0 bridgehead atoms. The molecule has 0 saturated carbocycles. The normalized spacial score (nSPS) is 18.2. The van der Waals surface area contributed by atoms with Crippen LogP contribution >= 0.6 is 34.3 Å². The first-order valence-corrected chi connectivity index (χ1v) is 25.6. The minimum Gasteiger partial charge on any atom is -0.392 e. The van der Waals surface area contributed by atoms with Gasteiger partial charge in [0.2, 0.25) is 11.8 Å². The van der Waals surface area contributed by atoms with E-state index >= 15 is 0 Å². The minimum absolute atomic E-state index is 0.0241. The Bertz CT molecular complexity index is 2700. The highest BCUT2D eigenvalue weighted by molar-refractivity contribution is 7.15. The van der Waals surface area contributed by atoms with E-state index in [9.17, 15) is 24.3 Å². The van der Waals surface area contributed by atoms with Gasteiger partial charge in [0.25, 0.3) is 5.91 Å². The topological polar surface area (TPSA) is 202 Å². The molecule has 3 amide bonds. The van der Waals surface area contributed by atoms with Gasteiger partial charge in [-0.1, -0.05) is 76.3 Å². The van der Waals surface area contributed by atoms with E-state index in [2.05, 4.69) is 50.5 Å². The summed E-state index contributed by atoms with van der Waals surface area (Å²) in [5.41, 5.74) is 7.38. The fourth-order valence-corrected chi connectivity index (χ4v) is 10.9. The van der Waals surface area contributed by atoms with Gasteiger partial charge in [0.15, 0.2) is 22.9 Å². The Balaban J connectivity index is 0.833. The molecule has 366 valence electrons. The second kappa shape index (κ2) is 22.4. The molecule has 2 aromatic carbocycles. The molecule has 5 N–H and O–H groups in total. The summed E-state index contributed by atoms with van der Waals surface area (Å²) in [5, 5.41) is 30.0. The van der Waals surface area contributed by atoms with Crippen LogP contribution in [0.2, 0.25) is 5.02 Å². The Kier molecular flexibility index (Phi) is 16.7. The average Bonchev–Trinajstić information content (AvgIpc) is 4.09. The predicted octanol–water partition coefficient (Wildman–Crippen LogP) is 8.33. The lowest BCUT2D eigenvalue weighted by Crippen LogP contribution is -2.66. The molecule has 2 aliphatic rings. The van der Waals surface area contributed by atoms with Gasteiger partial charge in [0.05, 0.1) is 40.4 Å². The summed E-state index contributed by atoms with van der Waals surface area (Å²) in [5.74, 6) is -0.112. The third-order valence-corrected chi connectivity index (χ3v) is 15.1. The summed E-state index contributed by atoms with van der Waals surface area (Å²) in [6.07, 6.45) is 8.63. The number of rotatable bonds is 20. The third-order valence-electron chi connectivity index (χ3n) is 12.7. The molecule has 3 aromatic heterocycles. The van der Waals surface area contributed by atoms with Gasteiger partial charge < -0.3 is 20.6 Å². The van der Waals surface area contributed by atoms with E-state index in [1.165, 1.54) is 22.3 Å². The van der Waals surface area contributed by atoms with Crippen molar-refractivity contribution >= 4 is 63.5 Å². The number of aliphatic hydroxyl groups is 1. The van der Waals surface area contributed by atoms with Crippen molar-refractivity contribution in [1.82, 2.24) is 41.2 Å². The van der Waals surface area contributed by atoms with Crippen LogP contribution in [0.4, 0.5) is 0 Å². The summed E-state index contributed by atoms with van der Waals surface area (Å²) < 4.78 is 2.05. The highest BCUT2D eigenvalue weighted by atomic mass is 35.5. The van der Waals surface area contributed by atoms with Crippen LogP contribution in [0.1, 0.15) is 124 Å². The number of nitrogens with one attached hydrogen (secondary N) is 4. The first-order chi connectivity index (χ1) is 33.0. The van der Waals surface area contributed by atoms with Gasteiger partial charge >= 0.3 is 0 Å². The smallest absolute Gasteiger partial charge is 0.280 e. The highest BCUT2D eigenvalue weighted by Crippen LogP contribution is 2.40. The van der Waals surface area contributed by atoms with E-state index in [-0.39, 0.29) is 25.3 Å². The lowest BCUT2D eigenvalue weighted by atomic mass is 9.76. The summed E-state index contributed by atoms with van der Waals surface area (Å²) in [4.78, 5) is 72.0. The number of carbonyl (C=O) groups is 4. The van der Waals surface area contributed by atoms with Gasteiger partial charge in [-0.05, 0) is 106 Å². The van der Waals surface area contributed by atoms with E-state index in [1.807, 2.05) is 75.6 Å². The van der Waals surface area contributed by atoms with Crippen molar-refractivity contribution in [2.75, 3.05) is 13.1 Å². The number of aryl methyl sites for hydroxylation is 3. The number of benzene rings is 2. The number of thiophene rings is 1.